The molecular formula is C19H35BN2O2. The van der Waals surface area contributed by atoms with Gasteiger partial charge in [0.25, 0.3) is 0 Å². The normalized spacial score (nSPS) is 29.6. The molecule has 0 aromatic carbocycles. The van der Waals surface area contributed by atoms with E-state index in [0.29, 0.717) is 5.41 Å². The summed E-state index contributed by atoms with van der Waals surface area (Å²) in [5, 5.41) is 3.51. The number of hydrogen-bond donors (Lipinski definition) is 1. The summed E-state index contributed by atoms with van der Waals surface area (Å²) in [6, 6.07) is 0. The summed E-state index contributed by atoms with van der Waals surface area (Å²) in [6.45, 7) is 14.5. The van der Waals surface area contributed by atoms with Crippen LogP contribution < -0.4 is 5.32 Å². The van der Waals surface area contributed by atoms with Gasteiger partial charge in [0.2, 0.25) is 0 Å². The van der Waals surface area contributed by atoms with Crippen LogP contribution in [0.4, 0.5) is 0 Å². The Kier molecular flexibility index (Phi) is 5.46. The van der Waals surface area contributed by atoms with Crippen LogP contribution in [0.1, 0.15) is 59.8 Å². The average molecular weight is 334 g/mol. The molecule has 0 aliphatic carbocycles. The molecule has 1 N–H and O–H groups in total. The molecule has 0 unspecified atom stereocenters. The van der Waals surface area contributed by atoms with Crippen LogP contribution in [0.25, 0.3) is 0 Å². The second-order valence-electron chi connectivity index (χ2n) is 8.97. The van der Waals surface area contributed by atoms with E-state index in [2.05, 4.69) is 50.0 Å². The molecule has 3 heterocycles. The predicted molar refractivity (Wildman–Crippen MR) is 100 cm³/mol. The molecule has 0 saturated carbocycles. The van der Waals surface area contributed by atoms with Gasteiger partial charge in [0.15, 0.2) is 0 Å². The van der Waals surface area contributed by atoms with Crippen molar-refractivity contribution in [1.29, 1.82) is 0 Å². The molecule has 0 radical (unpaired) electrons. The summed E-state index contributed by atoms with van der Waals surface area (Å²) in [5.41, 5.74) is 0.117. The minimum absolute atomic E-state index is 0.202. The van der Waals surface area contributed by atoms with E-state index in [4.69, 9.17) is 9.31 Å². The van der Waals surface area contributed by atoms with Gasteiger partial charge in [-0.15, -0.1) is 0 Å². The van der Waals surface area contributed by atoms with E-state index in [1.165, 1.54) is 51.9 Å². The summed E-state index contributed by atoms with van der Waals surface area (Å²) in [6.07, 6.45) is 8.82. The van der Waals surface area contributed by atoms with Crippen LogP contribution in [0, 0.1) is 5.41 Å². The highest BCUT2D eigenvalue weighted by Crippen LogP contribution is 2.38. The monoisotopic (exact) mass is 334 g/mol. The van der Waals surface area contributed by atoms with Gasteiger partial charge in [-0.2, -0.15) is 0 Å². The first-order valence-corrected chi connectivity index (χ1v) is 9.77. The third kappa shape index (κ3) is 4.06. The summed E-state index contributed by atoms with van der Waals surface area (Å²) >= 11 is 0. The summed E-state index contributed by atoms with van der Waals surface area (Å²) in [5.74, 6) is 2.10. The van der Waals surface area contributed by atoms with Crippen LogP contribution in [0.3, 0.4) is 0 Å². The van der Waals surface area contributed by atoms with Crippen molar-refractivity contribution in [3.8, 4) is 0 Å². The third-order valence-corrected chi connectivity index (χ3v) is 6.58. The van der Waals surface area contributed by atoms with Gasteiger partial charge < -0.3 is 19.5 Å². The first-order chi connectivity index (χ1) is 11.3. The fraction of sp³-hybridized carbons (Fsp3) is 0.895. The van der Waals surface area contributed by atoms with Gasteiger partial charge in [0.1, 0.15) is 0 Å². The smallest absolute Gasteiger partial charge is 0.400 e. The maximum absolute atomic E-state index is 6.02. The van der Waals surface area contributed by atoms with Crippen molar-refractivity contribution >= 4 is 7.12 Å². The van der Waals surface area contributed by atoms with Crippen molar-refractivity contribution in [2.24, 2.45) is 5.41 Å². The molecule has 5 heteroatoms. The number of nitrogens with zero attached hydrogens (tertiary/aromatic N) is 1. The van der Waals surface area contributed by atoms with Crippen LogP contribution in [0.5, 0.6) is 0 Å². The molecule has 24 heavy (non-hydrogen) atoms. The highest BCUT2D eigenvalue weighted by Gasteiger charge is 2.50. The molecule has 0 bridgehead atoms. The molecular weight excluding hydrogens is 299 g/mol. The van der Waals surface area contributed by atoms with E-state index in [0.717, 1.165) is 13.0 Å². The van der Waals surface area contributed by atoms with E-state index in [9.17, 15) is 0 Å². The molecule has 3 aliphatic rings. The molecule has 3 fully saturated rings. The van der Waals surface area contributed by atoms with E-state index < -0.39 is 0 Å². The number of hydrogen-bond acceptors (Lipinski definition) is 4. The van der Waals surface area contributed by atoms with Crippen molar-refractivity contribution in [3.05, 3.63) is 12.1 Å². The van der Waals surface area contributed by atoms with E-state index in [-0.39, 0.29) is 18.3 Å². The van der Waals surface area contributed by atoms with Crippen molar-refractivity contribution in [3.63, 3.8) is 0 Å². The molecule has 0 atom stereocenters. The molecule has 3 rings (SSSR count). The lowest BCUT2D eigenvalue weighted by Gasteiger charge is -2.45. The lowest BCUT2D eigenvalue weighted by atomic mass is 9.73. The first kappa shape index (κ1) is 18.4. The molecule has 4 nitrogen and oxygen atoms in total. The maximum Gasteiger partial charge on any atom is 0.486 e. The summed E-state index contributed by atoms with van der Waals surface area (Å²) in [4.78, 5) is 2.67. The van der Waals surface area contributed by atoms with Crippen molar-refractivity contribution < 1.29 is 9.31 Å². The Balaban J connectivity index is 1.43. The number of rotatable bonds is 4. The minimum Gasteiger partial charge on any atom is -0.400 e. The largest absolute Gasteiger partial charge is 0.486 e. The Morgan fingerprint density at radius 2 is 1.71 bits per heavy atom. The standard InChI is InChI=1S/C19H35BN2O2/c1-17(2)18(3,4)24-20(23-17)11-5-6-14-22-15-7-8-19(16-22)9-12-21-13-10-19/h5,11,21H,6-10,12-16H2,1-4H3/b11-5+. The second kappa shape index (κ2) is 7.10. The Bertz CT molecular complexity index is 437. The lowest BCUT2D eigenvalue weighted by molar-refractivity contribution is 0.00578. The number of piperidine rings is 2. The average Bonchev–Trinajstić information content (AvgIpc) is 2.72. The molecule has 1 spiro atoms. The van der Waals surface area contributed by atoms with Crippen LogP contribution >= 0.6 is 0 Å². The van der Waals surface area contributed by atoms with E-state index in [1.54, 1.807) is 0 Å². The third-order valence-electron chi connectivity index (χ3n) is 6.58. The molecule has 136 valence electrons. The first-order valence-electron chi connectivity index (χ1n) is 9.77. The number of likely N-dealkylation sites (tertiary alicyclic amines) is 1. The van der Waals surface area contributed by atoms with E-state index >= 15 is 0 Å². The molecule has 0 amide bonds. The van der Waals surface area contributed by atoms with Crippen LogP contribution in [-0.2, 0) is 9.31 Å². The van der Waals surface area contributed by atoms with Crippen LogP contribution in [0.15, 0.2) is 12.1 Å². The molecule has 3 aliphatic heterocycles. The topological polar surface area (TPSA) is 33.7 Å². The number of nitrogens with one attached hydrogen (secondary N) is 1. The van der Waals surface area contributed by atoms with Crippen LogP contribution in [0.2, 0.25) is 0 Å². The molecule has 0 aromatic rings. The van der Waals surface area contributed by atoms with Gasteiger partial charge >= 0.3 is 7.12 Å². The highest BCUT2D eigenvalue weighted by atomic mass is 16.7. The maximum atomic E-state index is 6.02. The van der Waals surface area contributed by atoms with Crippen molar-refractivity contribution in [2.75, 3.05) is 32.7 Å². The predicted octanol–water partition coefficient (Wildman–Crippen LogP) is 3.03. The fourth-order valence-electron chi connectivity index (χ4n) is 4.30. The van der Waals surface area contributed by atoms with Gasteiger partial charge in [-0.1, -0.05) is 12.1 Å². The SMILES string of the molecule is CC1(C)OB(/C=C/CCN2CCCC3(CCNCC3)C2)OC1(C)C. The second-order valence-corrected chi connectivity index (χ2v) is 8.97. The Morgan fingerprint density at radius 1 is 1.04 bits per heavy atom. The van der Waals surface area contributed by atoms with E-state index in [1.807, 2.05) is 0 Å². The van der Waals surface area contributed by atoms with Crippen LogP contribution in [-0.4, -0.2) is 55.9 Å². The quantitative estimate of drug-likeness (QED) is 0.802. The zero-order valence-electron chi connectivity index (χ0n) is 16.1. The summed E-state index contributed by atoms with van der Waals surface area (Å²) in [7, 11) is -0.202. The van der Waals surface area contributed by atoms with Crippen molar-refractivity contribution in [1.82, 2.24) is 10.2 Å². The zero-order valence-corrected chi connectivity index (χ0v) is 16.1. The molecule has 3 saturated heterocycles. The lowest BCUT2D eigenvalue weighted by Crippen LogP contribution is -2.48. The Morgan fingerprint density at radius 3 is 2.38 bits per heavy atom. The fourth-order valence-corrected chi connectivity index (χ4v) is 4.30. The van der Waals surface area contributed by atoms with Gasteiger partial charge in [0, 0.05) is 13.1 Å². The van der Waals surface area contributed by atoms with Gasteiger partial charge in [-0.05, 0) is 84.8 Å². The summed E-state index contributed by atoms with van der Waals surface area (Å²) < 4.78 is 12.0. The minimum atomic E-state index is -0.240. The highest BCUT2D eigenvalue weighted by molar-refractivity contribution is 6.51. The van der Waals surface area contributed by atoms with Gasteiger partial charge in [-0.25, -0.2) is 0 Å². The Labute approximate surface area is 148 Å². The van der Waals surface area contributed by atoms with Crippen molar-refractivity contribution in [2.45, 2.75) is 71.0 Å². The van der Waals surface area contributed by atoms with Gasteiger partial charge in [0.05, 0.1) is 11.2 Å². The zero-order chi connectivity index (χ0) is 17.3. The van der Waals surface area contributed by atoms with Gasteiger partial charge in [-0.3, -0.25) is 0 Å². The molecule has 0 aromatic heterocycles. The Hall–Kier alpha value is -0.355.